The maximum Gasteiger partial charge on any atom is 0.193 e. The summed E-state index contributed by atoms with van der Waals surface area (Å²) < 4.78 is 13.8. The highest BCUT2D eigenvalue weighted by Gasteiger charge is 2.20. The summed E-state index contributed by atoms with van der Waals surface area (Å²) in [7, 11) is 1.81. The van der Waals surface area contributed by atoms with E-state index in [1.165, 1.54) is 6.07 Å². The molecule has 0 amide bonds. The average Bonchev–Trinajstić information content (AvgIpc) is 2.69. The minimum atomic E-state index is -0.233. The molecule has 1 aliphatic rings. The second kappa shape index (κ2) is 10.8. The molecule has 1 aromatic carbocycles. The van der Waals surface area contributed by atoms with Gasteiger partial charge in [0.05, 0.1) is 4.47 Å². The Morgan fingerprint density at radius 2 is 2.00 bits per heavy atom. The van der Waals surface area contributed by atoms with E-state index in [2.05, 4.69) is 41.0 Å². The van der Waals surface area contributed by atoms with Crippen molar-refractivity contribution in [3.8, 4) is 0 Å². The van der Waals surface area contributed by atoms with E-state index in [1.54, 1.807) is 0 Å². The average molecular weight is 548 g/mol. The van der Waals surface area contributed by atoms with E-state index in [0.717, 1.165) is 56.5 Å². The van der Waals surface area contributed by atoms with Crippen LogP contribution in [0.15, 0.2) is 52.1 Å². The third kappa shape index (κ3) is 6.03. The zero-order chi connectivity index (χ0) is 18.4. The molecule has 2 aromatic rings. The van der Waals surface area contributed by atoms with Crippen LogP contribution >= 0.6 is 39.9 Å². The second-order valence-electron chi connectivity index (χ2n) is 6.13. The van der Waals surface area contributed by atoms with Crippen LogP contribution in [0.25, 0.3) is 0 Å². The lowest BCUT2D eigenvalue weighted by molar-refractivity contribution is 0.372. The van der Waals surface area contributed by atoms with Gasteiger partial charge >= 0.3 is 0 Å². The predicted molar refractivity (Wildman–Crippen MR) is 123 cm³/mol. The zero-order valence-corrected chi connectivity index (χ0v) is 19.2. The number of benzene rings is 1. The van der Waals surface area contributed by atoms with Gasteiger partial charge in [0.25, 0.3) is 0 Å². The van der Waals surface area contributed by atoms with Crippen LogP contribution in [0.4, 0.5) is 10.2 Å². The molecule has 5 nitrogen and oxygen atoms in total. The van der Waals surface area contributed by atoms with Crippen molar-refractivity contribution in [3.63, 3.8) is 0 Å². The van der Waals surface area contributed by atoms with Crippen molar-refractivity contribution in [3.05, 3.63) is 58.4 Å². The molecular formula is C19H24BrFIN5. The number of hydrogen-bond donors (Lipinski definition) is 1. The molecule has 1 aromatic heterocycles. The van der Waals surface area contributed by atoms with E-state index in [-0.39, 0.29) is 29.8 Å². The fourth-order valence-corrected chi connectivity index (χ4v) is 3.46. The summed E-state index contributed by atoms with van der Waals surface area (Å²) in [6.07, 6.45) is 2.64. The van der Waals surface area contributed by atoms with Crippen molar-refractivity contribution in [1.29, 1.82) is 0 Å². The lowest BCUT2D eigenvalue weighted by atomic mass is 10.1. The van der Waals surface area contributed by atoms with Gasteiger partial charge in [-0.1, -0.05) is 12.1 Å². The van der Waals surface area contributed by atoms with Gasteiger partial charge in [-0.15, -0.1) is 24.0 Å². The maximum atomic E-state index is 13.3. The Balaban J connectivity index is 0.00000261. The largest absolute Gasteiger partial charge is 0.356 e. The number of halogens is 3. The summed E-state index contributed by atoms with van der Waals surface area (Å²) in [6.45, 7) is 4.40. The van der Waals surface area contributed by atoms with E-state index in [4.69, 9.17) is 0 Å². The van der Waals surface area contributed by atoms with Crippen LogP contribution in [0.5, 0.6) is 0 Å². The smallest absolute Gasteiger partial charge is 0.193 e. The first-order valence-electron chi connectivity index (χ1n) is 8.73. The monoisotopic (exact) mass is 547 g/mol. The lowest BCUT2D eigenvalue weighted by Crippen LogP contribution is -2.53. The van der Waals surface area contributed by atoms with Crippen LogP contribution in [-0.4, -0.2) is 55.6 Å². The zero-order valence-electron chi connectivity index (χ0n) is 15.2. The standard InChI is InChI=1S/C19H23BrFN5.HI/c1-22-19(24-9-7-15-5-6-17(21)16(20)14-15)26-12-10-25(11-13-26)18-4-2-3-8-23-18;/h2-6,8,14H,7,9-13H2,1H3,(H,22,24);1H. The molecule has 0 radical (unpaired) electrons. The highest BCUT2D eigenvalue weighted by Crippen LogP contribution is 2.17. The van der Waals surface area contributed by atoms with Gasteiger partial charge in [-0.2, -0.15) is 0 Å². The Morgan fingerprint density at radius 3 is 2.63 bits per heavy atom. The van der Waals surface area contributed by atoms with Gasteiger partial charge < -0.3 is 15.1 Å². The third-order valence-corrected chi connectivity index (χ3v) is 5.05. The Morgan fingerprint density at radius 1 is 1.22 bits per heavy atom. The van der Waals surface area contributed by atoms with Crippen LogP contribution in [0.2, 0.25) is 0 Å². The third-order valence-electron chi connectivity index (χ3n) is 4.45. The summed E-state index contributed by atoms with van der Waals surface area (Å²) in [4.78, 5) is 13.4. The van der Waals surface area contributed by atoms with E-state index in [9.17, 15) is 4.39 Å². The Kier molecular flexibility index (Phi) is 8.75. The number of anilines is 1. The van der Waals surface area contributed by atoms with Crippen LogP contribution < -0.4 is 10.2 Å². The number of pyridine rings is 1. The molecule has 8 heteroatoms. The Labute approximate surface area is 185 Å². The summed E-state index contributed by atoms with van der Waals surface area (Å²) in [5.41, 5.74) is 1.08. The first-order chi connectivity index (χ1) is 12.7. The first kappa shape index (κ1) is 21.9. The number of hydrogen-bond acceptors (Lipinski definition) is 3. The number of rotatable bonds is 4. The van der Waals surface area contributed by atoms with Gasteiger partial charge in [-0.05, 0) is 52.2 Å². The van der Waals surface area contributed by atoms with Gasteiger partial charge in [-0.3, -0.25) is 4.99 Å². The molecule has 0 spiro atoms. The lowest BCUT2D eigenvalue weighted by Gasteiger charge is -2.37. The highest BCUT2D eigenvalue weighted by atomic mass is 127. The van der Waals surface area contributed by atoms with Crippen LogP contribution in [-0.2, 0) is 6.42 Å². The van der Waals surface area contributed by atoms with E-state index >= 15 is 0 Å². The summed E-state index contributed by atoms with van der Waals surface area (Å²) >= 11 is 3.23. The van der Waals surface area contributed by atoms with Gasteiger partial charge in [0.2, 0.25) is 0 Å². The Hall–Kier alpha value is -1.42. The number of piperazine rings is 1. The quantitative estimate of drug-likeness (QED) is 0.361. The van der Waals surface area contributed by atoms with Gasteiger partial charge in [0, 0.05) is 46.0 Å². The summed E-state index contributed by atoms with van der Waals surface area (Å²) in [5, 5.41) is 3.41. The van der Waals surface area contributed by atoms with Crippen molar-refractivity contribution < 1.29 is 4.39 Å². The fraction of sp³-hybridized carbons (Fsp3) is 0.368. The molecule has 1 aliphatic heterocycles. The van der Waals surface area contributed by atoms with Gasteiger partial charge in [0.1, 0.15) is 11.6 Å². The highest BCUT2D eigenvalue weighted by molar-refractivity contribution is 14.0. The molecule has 2 heterocycles. The van der Waals surface area contributed by atoms with Gasteiger partial charge in [-0.25, -0.2) is 9.37 Å². The molecule has 0 saturated carbocycles. The number of nitrogens with one attached hydrogen (secondary N) is 1. The van der Waals surface area contributed by atoms with Crippen molar-refractivity contribution in [2.75, 3.05) is 44.7 Å². The molecular weight excluding hydrogens is 524 g/mol. The first-order valence-corrected chi connectivity index (χ1v) is 9.52. The summed E-state index contributed by atoms with van der Waals surface area (Å²) in [6, 6.07) is 11.1. The van der Waals surface area contributed by atoms with Crippen molar-refractivity contribution >= 4 is 51.7 Å². The number of guanidine groups is 1. The SMILES string of the molecule is CN=C(NCCc1ccc(F)c(Br)c1)N1CCN(c2ccccn2)CC1.I. The van der Waals surface area contributed by atoms with E-state index in [1.807, 2.05) is 43.6 Å². The molecule has 27 heavy (non-hydrogen) atoms. The second-order valence-corrected chi connectivity index (χ2v) is 6.99. The van der Waals surface area contributed by atoms with Crippen LogP contribution in [0.1, 0.15) is 5.56 Å². The minimum Gasteiger partial charge on any atom is -0.356 e. The molecule has 0 bridgehead atoms. The molecule has 1 N–H and O–H groups in total. The van der Waals surface area contributed by atoms with E-state index in [0.29, 0.717) is 4.47 Å². The summed E-state index contributed by atoms with van der Waals surface area (Å²) in [5.74, 6) is 1.70. The molecule has 0 unspecified atom stereocenters. The molecule has 1 saturated heterocycles. The molecule has 146 valence electrons. The van der Waals surface area contributed by atoms with Crippen LogP contribution in [0, 0.1) is 5.82 Å². The molecule has 3 rings (SSSR count). The minimum absolute atomic E-state index is 0. The number of aromatic nitrogens is 1. The fourth-order valence-electron chi connectivity index (χ4n) is 3.03. The maximum absolute atomic E-state index is 13.3. The van der Waals surface area contributed by atoms with Crippen LogP contribution in [0.3, 0.4) is 0 Å². The van der Waals surface area contributed by atoms with E-state index < -0.39 is 0 Å². The normalized spacial score (nSPS) is 14.7. The van der Waals surface area contributed by atoms with Gasteiger partial charge in [0.15, 0.2) is 5.96 Å². The number of nitrogens with zero attached hydrogens (tertiary/aromatic N) is 4. The van der Waals surface area contributed by atoms with Crippen molar-refractivity contribution in [2.45, 2.75) is 6.42 Å². The van der Waals surface area contributed by atoms with Crippen molar-refractivity contribution in [2.24, 2.45) is 4.99 Å². The molecule has 0 atom stereocenters. The van der Waals surface area contributed by atoms with Crippen molar-refractivity contribution in [1.82, 2.24) is 15.2 Å². The Bertz CT molecular complexity index is 751. The molecule has 1 fully saturated rings. The predicted octanol–water partition coefficient (Wildman–Crippen LogP) is 3.54. The topological polar surface area (TPSA) is 43.8 Å². The number of aliphatic imine (C=N–C) groups is 1. The molecule has 0 aliphatic carbocycles.